The summed E-state index contributed by atoms with van der Waals surface area (Å²) in [4.78, 5) is 24.5. The van der Waals surface area contributed by atoms with Crippen molar-refractivity contribution in [3.05, 3.63) is 35.9 Å². The van der Waals surface area contributed by atoms with Crippen LogP contribution in [0.2, 0.25) is 0 Å². The van der Waals surface area contributed by atoms with Crippen molar-refractivity contribution in [3.63, 3.8) is 0 Å². The Bertz CT molecular complexity index is 546. The molecule has 0 aliphatic heterocycles. The van der Waals surface area contributed by atoms with Gasteiger partial charge in [-0.1, -0.05) is 30.3 Å². The molecule has 0 saturated heterocycles. The molecule has 23 heavy (non-hydrogen) atoms. The van der Waals surface area contributed by atoms with Crippen LogP contribution in [0.15, 0.2) is 30.3 Å². The minimum absolute atomic E-state index is 0.0289. The molecular weight excluding hydrogens is 294 g/mol. The van der Waals surface area contributed by atoms with Gasteiger partial charge in [-0.25, -0.2) is 4.79 Å². The van der Waals surface area contributed by atoms with Crippen LogP contribution in [0, 0.1) is 5.92 Å². The van der Waals surface area contributed by atoms with Crippen LogP contribution in [0.25, 0.3) is 0 Å². The molecule has 1 aromatic carbocycles. The predicted molar refractivity (Wildman–Crippen MR) is 87.0 cm³/mol. The van der Waals surface area contributed by atoms with Crippen LogP contribution in [-0.4, -0.2) is 34.7 Å². The molecule has 5 nitrogen and oxygen atoms in total. The summed E-state index contributed by atoms with van der Waals surface area (Å²) in [6.07, 6.45) is 0.394. The highest BCUT2D eigenvalue weighted by atomic mass is 16.6. The summed E-state index contributed by atoms with van der Waals surface area (Å²) in [7, 11) is 0. The van der Waals surface area contributed by atoms with Gasteiger partial charge in [-0.2, -0.15) is 0 Å². The number of benzene rings is 1. The van der Waals surface area contributed by atoms with Crippen LogP contribution >= 0.6 is 0 Å². The highest BCUT2D eigenvalue weighted by Crippen LogP contribution is 2.33. The van der Waals surface area contributed by atoms with E-state index in [2.05, 4.69) is 5.32 Å². The van der Waals surface area contributed by atoms with Crippen LogP contribution in [0.3, 0.4) is 0 Å². The van der Waals surface area contributed by atoms with Gasteiger partial charge in [0, 0.05) is 0 Å². The number of hydrogen-bond donors (Lipinski definition) is 2. The topological polar surface area (TPSA) is 75.6 Å². The fourth-order valence-corrected chi connectivity index (χ4v) is 2.37. The maximum atomic E-state index is 12.5. The van der Waals surface area contributed by atoms with Gasteiger partial charge >= 0.3 is 6.09 Å². The maximum Gasteiger partial charge on any atom is 0.408 e. The monoisotopic (exact) mass is 319 g/mol. The molecule has 5 heteroatoms. The maximum absolute atomic E-state index is 12.5. The number of carbonyl (C=O) groups is 2. The average Bonchev–Trinajstić information content (AvgIpc) is 3.28. The number of ketones is 1. The molecule has 1 saturated carbocycles. The molecule has 1 aliphatic carbocycles. The fourth-order valence-electron chi connectivity index (χ4n) is 2.37. The van der Waals surface area contributed by atoms with E-state index in [9.17, 15) is 14.7 Å². The first-order valence-electron chi connectivity index (χ1n) is 8.01. The highest BCUT2D eigenvalue weighted by Gasteiger charge is 2.38. The minimum Gasteiger partial charge on any atom is -0.444 e. The predicted octanol–water partition coefficient (Wildman–Crippen LogP) is 2.46. The van der Waals surface area contributed by atoms with Gasteiger partial charge in [0.15, 0.2) is 5.78 Å². The third kappa shape index (κ3) is 5.67. The van der Waals surface area contributed by atoms with Crippen molar-refractivity contribution in [1.29, 1.82) is 0 Å². The zero-order chi connectivity index (χ0) is 17.0. The van der Waals surface area contributed by atoms with Crippen LogP contribution in [0.5, 0.6) is 0 Å². The highest BCUT2D eigenvalue weighted by molar-refractivity contribution is 5.91. The quantitative estimate of drug-likeness (QED) is 0.844. The van der Waals surface area contributed by atoms with Crippen LogP contribution in [-0.2, 0) is 16.0 Å². The Morgan fingerprint density at radius 1 is 1.26 bits per heavy atom. The normalized spacial score (nSPS) is 17.2. The molecule has 0 spiro atoms. The van der Waals surface area contributed by atoms with Crippen molar-refractivity contribution in [3.8, 4) is 0 Å². The smallest absolute Gasteiger partial charge is 0.408 e. The molecule has 1 aliphatic rings. The molecule has 2 atom stereocenters. The Labute approximate surface area is 137 Å². The lowest BCUT2D eigenvalue weighted by Gasteiger charge is -2.24. The SMILES string of the molecule is CC(C)(C)OC(=O)N[C@@H](Cc1ccccc1)C(=O)C(O)C1CC1. The molecular formula is C18H25NO4. The number of aliphatic hydroxyl groups excluding tert-OH is 1. The van der Waals surface area contributed by atoms with Gasteiger partial charge in [0.2, 0.25) is 0 Å². The second kappa shape index (κ2) is 7.13. The molecule has 2 N–H and O–H groups in total. The van der Waals surface area contributed by atoms with E-state index in [0.29, 0.717) is 6.42 Å². The first-order valence-corrected chi connectivity index (χ1v) is 8.01. The van der Waals surface area contributed by atoms with Crippen molar-refractivity contribution in [2.75, 3.05) is 0 Å². The van der Waals surface area contributed by atoms with Crippen molar-refractivity contribution in [2.24, 2.45) is 5.92 Å². The number of rotatable bonds is 6. The summed E-state index contributed by atoms with van der Waals surface area (Å²) < 4.78 is 5.23. The molecule has 1 amide bonds. The van der Waals surface area contributed by atoms with E-state index < -0.39 is 23.8 Å². The molecule has 0 bridgehead atoms. The summed E-state index contributed by atoms with van der Waals surface area (Å²) in [6.45, 7) is 5.29. The lowest BCUT2D eigenvalue weighted by atomic mass is 9.97. The number of Topliss-reactive ketones (excluding diaryl/α,β-unsaturated/α-hetero) is 1. The van der Waals surface area contributed by atoms with Gasteiger partial charge in [-0.15, -0.1) is 0 Å². The summed E-state index contributed by atoms with van der Waals surface area (Å²) in [5.74, 6) is -0.316. The summed E-state index contributed by atoms with van der Waals surface area (Å²) in [5.41, 5.74) is 0.282. The number of amides is 1. The Hall–Kier alpha value is -1.88. The first-order chi connectivity index (χ1) is 10.8. The molecule has 126 valence electrons. The minimum atomic E-state index is -1.02. The standard InChI is InChI=1S/C18H25NO4/c1-18(2,3)23-17(22)19-14(11-12-7-5-4-6-8-12)16(21)15(20)13-9-10-13/h4-8,13-15,20H,9-11H2,1-3H3,(H,19,22)/t14-,15?/m0/s1. The summed E-state index contributed by atoms with van der Waals surface area (Å²) in [6, 6.07) is 8.63. The van der Waals surface area contributed by atoms with Gasteiger partial charge in [-0.3, -0.25) is 4.79 Å². The lowest BCUT2D eigenvalue weighted by molar-refractivity contribution is -0.130. The van der Waals surface area contributed by atoms with Gasteiger partial charge in [0.1, 0.15) is 11.7 Å². The Balaban J connectivity index is 2.07. The zero-order valence-electron chi connectivity index (χ0n) is 13.9. The van der Waals surface area contributed by atoms with E-state index in [1.807, 2.05) is 30.3 Å². The summed E-state index contributed by atoms with van der Waals surface area (Å²) in [5, 5.41) is 12.7. The zero-order valence-corrected chi connectivity index (χ0v) is 13.9. The number of carbonyl (C=O) groups excluding carboxylic acids is 2. The Kier molecular flexibility index (Phi) is 5.42. The number of ether oxygens (including phenoxy) is 1. The van der Waals surface area contributed by atoms with E-state index in [1.54, 1.807) is 20.8 Å². The average molecular weight is 319 g/mol. The second-order valence-corrected chi connectivity index (χ2v) is 7.07. The molecule has 2 rings (SSSR count). The van der Waals surface area contributed by atoms with Gasteiger partial charge in [0.25, 0.3) is 0 Å². The fraction of sp³-hybridized carbons (Fsp3) is 0.556. The van der Waals surface area contributed by atoms with E-state index >= 15 is 0 Å². The third-order valence-electron chi connectivity index (χ3n) is 3.68. The van der Waals surface area contributed by atoms with Gasteiger partial charge < -0.3 is 15.2 Å². The molecule has 0 heterocycles. The number of nitrogens with one attached hydrogen (secondary N) is 1. The van der Waals surface area contributed by atoms with Crippen LogP contribution < -0.4 is 5.32 Å². The van der Waals surface area contributed by atoms with Gasteiger partial charge in [0.05, 0.1) is 6.04 Å². The summed E-state index contributed by atoms with van der Waals surface area (Å²) >= 11 is 0. The van der Waals surface area contributed by atoms with Crippen LogP contribution in [0.1, 0.15) is 39.2 Å². The van der Waals surface area contributed by atoms with Crippen molar-refractivity contribution < 1.29 is 19.4 Å². The van der Waals surface area contributed by atoms with E-state index in [4.69, 9.17) is 4.74 Å². The molecule has 1 unspecified atom stereocenters. The molecule has 1 aromatic rings. The van der Waals surface area contributed by atoms with Crippen molar-refractivity contribution in [2.45, 2.75) is 57.8 Å². The largest absolute Gasteiger partial charge is 0.444 e. The van der Waals surface area contributed by atoms with E-state index in [1.165, 1.54) is 0 Å². The van der Waals surface area contributed by atoms with Gasteiger partial charge in [-0.05, 0) is 51.5 Å². The molecule has 0 aromatic heterocycles. The van der Waals surface area contributed by atoms with E-state index in [-0.39, 0.29) is 11.7 Å². The number of alkyl carbamates (subject to hydrolysis) is 1. The number of hydrogen-bond acceptors (Lipinski definition) is 4. The van der Waals surface area contributed by atoms with E-state index in [0.717, 1.165) is 18.4 Å². The van der Waals surface area contributed by atoms with Crippen molar-refractivity contribution in [1.82, 2.24) is 5.32 Å². The second-order valence-electron chi connectivity index (χ2n) is 7.07. The first kappa shape index (κ1) is 17.5. The number of aliphatic hydroxyl groups is 1. The third-order valence-corrected chi connectivity index (χ3v) is 3.68. The Morgan fingerprint density at radius 3 is 2.39 bits per heavy atom. The van der Waals surface area contributed by atoms with Crippen LogP contribution in [0.4, 0.5) is 4.79 Å². The van der Waals surface area contributed by atoms with Crippen molar-refractivity contribution >= 4 is 11.9 Å². The molecule has 0 radical (unpaired) electrons. The Morgan fingerprint density at radius 2 is 1.87 bits per heavy atom. The molecule has 1 fully saturated rings. The lowest BCUT2D eigenvalue weighted by Crippen LogP contribution is -2.48.